The fraction of sp³-hybridized carbons (Fsp3) is 0.636. The number of fused-ring (bicyclic) bond motifs is 1. The Morgan fingerprint density at radius 2 is 2.29 bits per heavy atom. The monoisotopic (exact) mass is 333 g/mol. The molecule has 0 fully saturated rings. The lowest BCUT2D eigenvalue weighted by Gasteiger charge is -2.09. The second kappa shape index (κ2) is 6.85. The molecule has 17 heavy (non-hydrogen) atoms. The third-order valence-corrected chi connectivity index (χ3v) is 5.06. The van der Waals surface area contributed by atoms with E-state index in [0.29, 0.717) is 5.37 Å². The van der Waals surface area contributed by atoms with Gasteiger partial charge >= 0.3 is 0 Å². The molecule has 0 spiro atoms. The van der Waals surface area contributed by atoms with Gasteiger partial charge in [0.25, 0.3) is 0 Å². The summed E-state index contributed by atoms with van der Waals surface area (Å²) in [4.78, 5) is 8.61. The van der Waals surface area contributed by atoms with Gasteiger partial charge in [0, 0.05) is 5.33 Å². The molecule has 3 nitrogen and oxygen atoms in total. The van der Waals surface area contributed by atoms with Gasteiger partial charge in [-0.25, -0.2) is 9.97 Å². The fourth-order valence-corrected chi connectivity index (χ4v) is 3.86. The summed E-state index contributed by atoms with van der Waals surface area (Å²) in [6.07, 6.45) is 8.74. The summed E-state index contributed by atoms with van der Waals surface area (Å²) in [5, 5.41) is 7.29. The number of hydrogen-bond donors (Lipinski definition) is 1. The van der Waals surface area contributed by atoms with Crippen LogP contribution < -0.4 is 5.32 Å². The quantitative estimate of drug-likeness (QED) is 0.368. The summed E-state index contributed by atoms with van der Waals surface area (Å²) < 4.78 is 0. The van der Waals surface area contributed by atoms with E-state index in [1.165, 1.54) is 25.7 Å². The number of thioether (sulfide) groups is 2. The number of anilines is 1. The largest absolute Gasteiger partial charge is 0.369 e. The van der Waals surface area contributed by atoms with Crippen LogP contribution in [0.2, 0.25) is 0 Å². The first-order valence-electron chi connectivity index (χ1n) is 5.73. The molecule has 94 valence electrons. The van der Waals surface area contributed by atoms with E-state index in [4.69, 9.17) is 0 Å². The van der Waals surface area contributed by atoms with Gasteiger partial charge in [-0.05, 0) is 19.1 Å². The van der Waals surface area contributed by atoms with Gasteiger partial charge in [0.2, 0.25) is 0 Å². The summed E-state index contributed by atoms with van der Waals surface area (Å²) in [6, 6.07) is 0. The Kier molecular flexibility index (Phi) is 5.44. The Morgan fingerprint density at radius 3 is 3.06 bits per heavy atom. The summed E-state index contributed by atoms with van der Waals surface area (Å²) >= 11 is 6.97. The number of hydrogen-bond acceptors (Lipinski definition) is 5. The minimum Gasteiger partial charge on any atom is -0.369 e. The van der Waals surface area contributed by atoms with Crippen molar-refractivity contribution in [2.24, 2.45) is 0 Å². The zero-order valence-electron chi connectivity index (χ0n) is 9.78. The third kappa shape index (κ3) is 3.51. The third-order valence-electron chi connectivity index (χ3n) is 2.63. The van der Waals surface area contributed by atoms with Crippen molar-refractivity contribution in [2.45, 2.75) is 41.1 Å². The molecule has 0 aliphatic carbocycles. The number of nitrogens with zero attached hydrogens (tertiary/aromatic N) is 2. The van der Waals surface area contributed by atoms with Crippen LogP contribution in [0, 0.1) is 0 Å². The van der Waals surface area contributed by atoms with Crippen molar-refractivity contribution < 1.29 is 0 Å². The van der Waals surface area contributed by atoms with Gasteiger partial charge in [-0.1, -0.05) is 40.5 Å². The lowest BCUT2D eigenvalue weighted by molar-refractivity contribution is 0.675. The van der Waals surface area contributed by atoms with E-state index in [-0.39, 0.29) is 0 Å². The molecule has 0 saturated carbocycles. The van der Waals surface area contributed by atoms with E-state index in [9.17, 15) is 0 Å². The van der Waals surface area contributed by atoms with Crippen molar-refractivity contribution >= 4 is 45.1 Å². The van der Waals surface area contributed by atoms with E-state index in [0.717, 1.165) is 21.1 Å². The summed E-state index contributed by atoms with van der Waals surface area (Å²) in [6.45, 7) is 0. The molecule has 0 aromatic carbocycles. The number of aromatic nitrogens is 2. The minimum absolute atomic E-state index is 0.475. The van der Waals surface area contributed by atoms with Crippen LogP contribution >= 0.6 is 39.5 Å². The second-order valence-electron chi connectivity index (χ2n) is 3.85. The highest BCUT2D eigenvalue weighted by Crippen LogP contribution is 2.42. The average molecular weight is 334 g/mol. The molecule has 1 aromatic heterocycles. The number of nitrogens with one attached hydrogen (secondary N) is 1. The SMILES string of the molecule is CSc1ncnc2c1NC(CCCCCBr)S2. The Balaban J connectivity index is 1.88. The van der Waals surface area contributed by atoms with Gasteiger partial charge in [-0.15, -0.1) is 11.8 Å². The van der Waals surface area contributed by atoms with Crippen LogP contribution in [0.25, 0.3) is 0 Å². The molecule has 0 radical (unpaired) electrons. The van der Waals surface area contributed by atoms with Gasteiger partial charge in [-0.3, -0.25) is 0 Å². The van der Waals surface area contributed by atoms with E-state index < -0.39 is 0 Å². The summed E-state index contributed by atoms with van der Waals surface area (Å²) in [5.74, 6) is 0. The van der Waals surface area contributed by atoms with Crippen LogP contribution in [0.3, 0.4) is 0 Å². The average Bonchev–Trinajstić information content (AvgIpc) is 2.77. The molecule has 1 aliphatic heterocycles. The molecule has 6 heteroatoms. The van der Waals surface area contributed by atoms with Crippen LogP contribution in [0.15, 0.2) is 16.4 Å². The van der Waals surface area contributed by atoms with Crippen LogP contribution in [0.5, 0.6) is 0 Å². The minimum atomic E-state index is 0.475. The van der Waals surface area contributed by atoms with E-state index >= 15 is 0 Å². The van der Waals surface area contributed by atoms with Gasteiger partial charge in [-0.2, -0.15) is 0 Å². The molecular weight excluding hydrogens is 318 g/mol. The van der Waals surface area contributed by atoms with Crippen LogP contribution in [0.4, 0.5) is 5.69 Å². The molecule has 0 saturated heterocycles. The Hall–Kier alpha value is 0.0600. The van der Waals surface area contributed by atoms with Gasteiger partial charge < -0.3 is 5.32 Å². The highest BCUT2D eigenvalue weighted by atomic mass is 79.9. The molecule has 1 aromatic rings. The van der Waals surface area contributed by atoms with Crippen molar-refractivity contribution in [3.63, 3.8) is 0 Å². The number of rotatable bonds is 6. The maximum atomic E-state index is 4.33. The van der Waals surface area contributed by atoms with Crippen LogP contribution in [-0.2, 0) is 0 Å². The van der Waals surface area contributed by atoms with E-state index in [1.807, 2.05) is 11.8 Å². The normalized spacial score (nSPS) is 17.9. The summed E-state index contributed by atoms with van der Waals surface area (Å²) in [7, 11) is 0. The van der Waals surface area contributed by atoms with Crippen molar-refractivity contribution in [2.75, 3.05) is 16.9 Å². The first kappa shape index (κ1) is 13.5. The molecular formula is C11H16BrN3S2. The van der Waals surface area contributed by atoms with E-state index in [1.54, 1.807) is 18.1 Å². The standard InChI is InChI=1S/C11H16BrN3S2/c1-16-10-9-11(14-7-13-10)17-8(15-9)5-3-2-4-6-12/h7-8,15H,2-6H2,1H3. The Labute approximate surface area is 119 Å². The van der Waals surface area contributed by atoms with Gasteiger partial charge in [0.15, 0.2) is 0 Å². The molecule has 2 heterocycles. The Bertz CT molecular complexity index is 376. The lowest BCUT2D eigenvalue weighted by Crippen LogP contribution is -2.10. The van der Waals surface area contributed by atoms with Crippen molar-refractivity contribution in [1.29, 1.82) is 0 Å². The number of unbranched alkanes of at least 4 members (excludes halogenated alkanes) is 2. The predicted octanol–water partition coefficient (Wildman–Crippen LogP) is 4.00. The molecule has 1 aliphatic rings. The first-order chi connectivity index (χ1) is 8.35. The lowest BCUT2D eigenvalue weighted by atomic mass is 10.2. The van der Waals surface area contributed by atoms with E-state index in [2.05, 4.69) is 37.5 Å². The molecule has 1 atom stereocenters. The van der Waals surface area contributed by atoms with Gasteiger partial charge in [0.1, 0.15) is 22.1 Å². The smallest absolute Gasteiger partial charge is 0.126 e. The number of halogens is 1. The number of alkyl halides is 1. The van der Waals surface area contributed by atoms with Crippen molar-refractivity contribution in [1.82, 2.24) is 9.97 Å². The topological polar surface area (TPSA) is 37.8 Å². The first-order valence-corrected chi connectivity index (χ1v) is 8.96. The van der Waals surface area contributed by atoms with Gasteiger partial charge in [0.05, 0.1) is 5.37 Å². The molecule has 0 bridgehead atoms. The molecule has 0 amide bonds. The summed E-state index contributed by atoms with van der Waals surface area (Å²) in [5.41, 5.74) is 1.13. The highest BCUT2D eigenvalue weighted by Gasteiger charge is 2.24. The fourth-order valence-electron chi connectivity index (χ4n) is 1.78. The second-order valence-corrected chi connectivity index (χ2v) is 6.63. The maximum Gasteiger partial charge on any atom is 0.126 e. The Morgan fingerprint density at radius 1 is 1.41 bits per heavy atom. The van der Waals surface area contributed by atoms with Crippen molar-refractivity contribution in [3.8, 4) is 0 Å². The predicted molar refractivity (Wildman–Crippen MR) is 79.3 cm³/mol. The molecule has 1 unspecified atom stereocenters. The zero-order valence-corrected chi connectivity index (χ0v) is 13.0. The highest BCUT2D eigenvalue weighted by molar-refractivity contribution is 9.09. The van der Waals surface area contributed by atoms with Crippen LogP contribution in [-0.4, -0.2) is 26.9 Å². The zero-order chi connectivity index (χ0) is 12.1. The van der Waals surface area contributed by atoms with Crippen LogP contribution in [0.1, 0.15) is 25.7 Å². The maximum absolute atomic E-state index is 4.33. The molecule has 1 N–H and O–H groups in total. The van der Waals surface area contributed by atoms with Crippen molar-refractivity contribution in [3.05, 3.63) is 6.33 Å². The molecule has 2 rings (SSSR count).